The second kappa shape index (κ2) is 8.22. The zero-order valence-corrected chi connectivity index (χ0v) is 17.6. The van der Waals surface area contributed by atoms with Crippen LogP contribution in [0.1, 0.15) is 17.5 Å². The Morgan fingerprint density at radius 2 is 1.73 bits per heavy atom. The molecule has 1 aliphatic heterocycles. The van der Waals surface area contributed by atoms with Crippen LogP contribution in [0.15, 0.2) is 17.0 Å². The fourth-order valence-electron chi connectivity index (χ4n) is 2.81. The zero-order chi connectivity index (χ0) is 19.0. The molecule has 1 fully saturated rings. The first-order valence-electron chi connectivity index (χ1n) is 7.77. The van der Waals surface area contributed by atoms with E-state index in [1.807, 2.05) is 19.0 Å². The van der Waals surface area contributed by atoms with Crippen LogP contribution in [0.5, 0.6) is 0 Å². The third-order valence-corrected chi connectivity index (χ3v) is 7.33. The van der Waals surface area contributed by atoms with Crippen LogP contribution in [0, 0.1) is 13.8 Å². The Bertz CT molecular complexity index is 875. The van der Waals surface area contributed by atoms with Crippen LogP contribution in [-0.4, -0.2) is 60.6 Å². The molecule has 0 atom stereocenters. The van der Waals surface area contributed by atoms with Gasteiger partial charge in [0, 0.05) is 19.5 Å². The summed E-state index contributed by atoms with van der Waals surface area (Å²) in [4.78, 5) is 13.9. The lowest BCUT2D eigenvalue weighted by molar-refractivity contribution is -0.116. The average Bonchev–Trinajstić information content (AvgIpc) is 2.70. The highest BCUT2D eigenvalue weighted by Gasteiger charge is 2.37. The minimum atomic E-state index is -3.73. The number of hydrogen-bond donors (Lipinski definition) is 1. The molecule has 1 N–H and O–H groups in total. The van der Waals surface area contributed by atoms with Crippen molar-refractivity contribution in [1.29, 1.82) is 0 Å². The number of amides is 1. The number of benzene rings is 1. The lowest BCUT2D eigenvalue weighted by Gasteiger charge is -2.19. The van der Waals surface area contributed by atoms with E-state index in [2.05, 4.69) is 4.72 Å². The highest BCUT2D eigenvalue weighted by atomic mass is 35.5. The van der Waals surface area contributed by atoms with E-state index in [0.717, 1.165) is 4.31 Å². The number of sulfonamides is 2. The molecular formula is C15H24ClN3O5S2. The van der Waals surface area contributed by atoms with Crippen molar-refractivity contribution in [2.24, 2.45) is 0 Å². The monoisotopic (exact) mass is 425 g/mol. The molecule has 148 valence electrons. The Morgan fingerprint density at radius 3 is 2.15 bits per heavy atom. The number of anilines is 1. The van der Waals surface area contributed by atoms with E-state index in [9.17, 15) is 21.6 Å². The first-order valence-corrected chi connectivity index (χ1v) is 10.9. The predicted molar refractivity (Wildman–Crippen MR) is 103 cm³/mol. The van der Waals surface area contributed by atoms with Crippen molar-refractivity contribution >= 4 is 44.0 Å². The Balaban J connectivity index is 0.00000338. The van der Waals surface area contributed by atoms with Gasteiger partial charge in [-0.2, -0.15) is 0 Å². The molecule has 1 heterocycles. The third kappa shape index (κ3) is 4.74. The summed E-state index contributed by atoms with van der Waals surface area (Å²) in [5.41, 5.74) is 0.967. The summed E-state index contributed by atoms with van der Waals surface area (Å²) in [6.07, 6.45) is -0.0629. The van der Waals surface area contributed by atoms with Gasteiger partial charge in [-0.25, -0.2) is 25.9 Å². The Morgan fingerprint density at radius 1 is 1.19 bits per heavy atom. The van der Waals surface area contributed by atoms with Gasteiger partial charge >= 0.3 is 0 Å². The van der Waals surface area contributed by atoms with Crippen molar-refractivity contribution in [3.8, 4) is 0 Å². The number of hydrogen-bond acceptors (Lipinski definition) is 6. The second-order valence-corrected chi connectivity index (χ2v) is 9.97. The minimum absolute atomic E-state index is 0. The highest BCUT2D eigenvalue weighted by Crippen LogP contribution is 2.31. The second-order valence-electron chi connectivity index (χ2n) is 6.33. The van der Waals surface area contributed by atoms with E-state index in [0.29, 0.717) is 17.7 Å². The van der Waals surface area contributed by atoms with Crippen LogP contribution < -0.4 is 9.03 Å². The zero-order valence-electron chi connectivity index (χ0n) is 15.1. The van der Waals surface area contributed by atoms with Crippen molar-refractivity contribution in [2.75, 3.05) is 37.2 Å². The average molecular weight is 426 g/mol. The van der Waals surface area contributed by atoms with E-state index in [-0.39, 0.29) is 41.7 Å². The number of likely N-dealkylation sites (N-methyl/N-ethyl adjacent to an activating group) is 1. The largest absolute Gasteiger partial charge is 0.308 e. The van der Waals surface area contributed by atoms with Gasteiger partial charge in [0.1, 0.15) is 0 Å². The molecule has 0 spiro atoms. The van der Waals surface area contributed by atoms with E-state index in [1.54, 1.807) is 13.8 Å². The van der Waals surface area contributed by atoms with Crippen LogP contribution in [0.3, 0.4) is 0 Å². The maximum Gasteiger partial charge on any atom is 0.242 e. The Labute approximate surface area is 161 Å². The lowest BCUT2D eigenvalue weighted by atomic mass is 10.1. The molecule has 2 rings (SSSR count). The lowest BCUT2D eigenvalue weighted by Crippen LogP contribution is -2.32. The topological polar surface area (TPSA) is 104 Å². The highest BCUT2D eigenvalue weighted by molar-refractivity contribution is 7.94. The molecule has 1 aliphatic rings. The van der Waals surface area contributed by atoms with Gasteiger partial charge in [-0.05, 0) is 51.2 Å². The van der Waals surface area contributed by atoms with Crippen LogP contribution in [-0.2, 0) is 24.8 Å². The molecule has 1 saturated heterocycles. The molecule has 0 unspecified atom stereocenters. The number of nitrogens with one attached hydrogen (secondary N) is 1. The molecule has 0 radical (unpaired) electrons. The summed E-state index contributed by atoms with van der Waals surface area (Å²) < 4.78 is 52.5. The number of aryl methyl sites for hydroxylation is 2. The van der Waals surface area contributed by atoms with Gasteiger partial charge in [-0.15, -0.1) is 12.4 Å². The Hall–Kier alpha value is -1.20. The molecule has 1 aromatic rings. The molecule has 1 aromatic carbocycles. The summed E-state index contributed by atoms with van der Waals surface area (Å²) >= 11 is 0. The molecule has 26 heavy (non-hydrogen) atoms. The maximum absolute atomic E-state index is 12.6. The van der Waals surface area contributed by atoms with E-state index in [1.165, 1.54) is 12.1 Å². The van der Waals surface area contributed by atoms with Crippen molar-refractivity contribution < 1.29 is 21.6 Å². The van der Waals surface area contributed by atoms with E-state index < -0.39 is 26.0 Å². The molecule has 8 nitrogen and oxygen atoms in total. The normalized spacial score (nSPS) is 16.8. The van der Waals surface area contributed by atoms with Gasteiger partial charge in [0.2, 0.25) is 26.0 Å². The molecule has 0 bridgehead atoms. The van der Waals surface area contributed by atoms with Gasteiger partial charge in [-0.3, -0.25) is 4.79 Å². The summed E-state index contributed by atoms with van der Waals surface area (Å²) in [5, 5.41) is 0. The predicted octanol–water partition coefficient (Wildman–Crippen LogP) is 0.632. The number of halogens is 1. The van der Waals surface area contributed by atoms with Gasteiger partial charge in [-0.1, -0.05) is 0 Å². The molecule has 0 aromatic heterocycles. The molecule has 0 aliphatic carbocycles. The van der Waals surface area contributed by atoms with Crippen molar-refractivity contribution in [3.63, 3.8) is 0 Å². The fraction of sp³-hybridized carbons (Fsp3) is 0.533. The molecule has 1 amide bonds. The number of carbonyl (C=O) groups excluding carboxylic acids is 1. The quantitative estimate of drug-likeness (QED) is 0.716. The minimum Gasteiger partial charge on any atom is -0.308 e. The third-order valence-electron chi connectivity index (χ3n) is 3.88. The van der Waals surface area contributed by atoms with Crippen LogP contribution in [0.4, 0.5) is 5.69 Å². The van der Waals surface area contributed by atoms with Crippen molar-refractivity contribution in [2.45, 2.75) is 25.2 Å². The van der Waals surface area contributed by atoms with E-state index in [4.69, 9.17) is 0 Å². The van der Waals surface area contributed by atoms with Gasteiger partial charge in [0.25, 0.3) is 0 Å². The van der Waals surface area contributed by atoms with Crippen LogP contribution >= 0.6 is 12.4 Å². The molecular weight excluding hydrogens is 402 g/mol. The molecule has 0 saturated carbocycles. The molecule has 11 heteroatoms. The fourth-order valence-corrected chi connectivity index (χ4v) is 5.73. The van der Waals surface area contributed by atoms with Crippen LogP contribution in [0.25, 0.3) is 0 Å². The summed E-state index contributed by atoms with van der Waals surface area (Å²) in [6, 6.07) is 2.85. The van der Waals surface area contributed by atoms with E-state index >= 15 is 0 Å². The van der Waals surface area contributed by atoms with Gasteiger partial charge in [0.15, 0.2) is 0 Å². The number of nitrogens with zero attached hydrogens (tertiary/aromatic N) is 2. The SMILES string of the molecule is Cc1cc(N2C(=O)CCS2(=O)=O)cc(C)c1S(=O)(=O)NCCN(C)C.Cl. The standard InChI is InChI=1S/C15H23N3O5S2.ClH/c1-11-9-13(18-14(19)5-8-24(18,20)21)10-12(2)15(11)25(22,23)16-6-7-17(3)4;/h9-10,16H,5-8H2,1-4H3;1H. The number of carbonyl (C=O) groups is 1. The van der Waals surface area contributed by atoms with Gasteiger partial charge < -0.3 is 4.90 Å². The van der Waals surface area contributed by atoms with Crippen molar-refractivity contribution in [3.05, 3.63) is 23.3 Å². The number of rotatable bonds is 6. The maximum atomic E-state index is 12.6. The summed E-state index contributed by atoms with van der Waals surface area (Å²) in [5.74, 6) is -0.727. The first-order chi connectivity index (χ1) is 11.5. The Kier molecular flexibility index (Phi) is 7.22. The summed E-state index contributed by atoms with van der Waals surface area (Å²) in [7, 11) is -3.73. The smallest absolute Gasteiger partial charge is 0.242 e. The first kappa shape index (κ1) is 22.8. The van der Waals surface area contributed by atoms with Crippen molar-refractivity contribution in [1.82, 2.24) is 9.62 Å². The van der Waals surface area contributed by atoms with Gasteiger partial charge in [0.05, 0.1) is 16.3 Å². The summed E-state index contributed by atoms with van der Waals surface area (Å²) in [6.45, 7) is 3.99. The van der Waals surface area contributed by atoms with Crippen LogP contribution in [0.2, 0.25) is 0 Å².